The average molecular weight is 289 g/mol. The molecule has 0 bridgehead atoms. The van der Waals surface area contributed by atoms with Crippen molar-refractivity contribution >= 4 is 11.7 Å². The number of carbonyl (C=O) groups excluding carboxylic acids is 1. The summed E-state index contributed by atoms with van der Waals surface area (Å²) in [6.07, 6.45) is 1.42. The Hall–Kier alpha value is -2.04. The van der Waals surface area contributed by atoms with Crippen LogP contribution < -0.4 is 5.73 Å². The SMILES string of the molecule is Cc1cccc(C)c1C(=O)N1CCC(C)(/C(N)=N/O)CC1. The summed E-state index contributed by atoms with van der Waals surface area (Å²) in [4.78, 5) is 14.6. The van der Waals surface area contributed by atoms with E-state index in [4.69, 9.17) is 10.9 Å². The quantitative estimate of drug-likeness (QED) is 0.379. The van der Waals surface area contributed by atoms with Crippen molar-refractivity contribution in [1.82, 2.24) is 4.90 Å². The third-order valence-electron chi connectivity index (χ3n) is 4.58. The molecule has 0 saturated carbocycles. The second-order valence-electron chi connectivity index (χ2n) is 6.10. The molecular weight excluding hydrogens is 266 g/mol. The lowest BCUT2D eigenvalue weighted by atomic mass is 9.79. The fourth-order valence-corrected chi connectivity index (χ4v) is 2.89. The number of aryl methyl sites for hydroxylation is 2. The number of nitrogens with zero attached hydrogens (tertiary/aromatic N) is 2. The normalized spacial score (nSPS) is 18.6. The van der Waals surface area contributed by atoms with Crippen LogP contribution in [0.1, 0.15) is 41.3 Å². The molecule has 1 amide bonds. The first-order valence-electron chi connectivity index (χ1n) is 7.22. The molecule has 1 aromatic carbocycles. The minimum Gasteiger partial charge on any atom is -0.409 e. The summed E-state index contributed by atoms with van der Waals surface area (Å²) in [6.45, 7) is 7.15. The number of hydrogen-bond donors (Lipinski definition) is 2. The van der Waals surface area contributed by atoms with Crippen molar-refractivity contribution in [2.75, 3.05) is 13.1 Å². The van der Waals surface area contributed by atoms with E-state index in [9.17, 15) is 4.79 Å². The molecule has 2 rings (SSSR count). The number of oxime groups is 1. The Balaban J connectivity index is 2.14. The Labute approximate surface area is 125 Å². The van der Waals surface area contributed by atoms with Crippen molar-refractivity contribution in [2.24, 2.45) is 16.3 Å². The molecule has 5 nitrogen and oxygen atoms in total. The predicted molar refractivity (Wildman–Crippen MR) is 82.6 cm³/mol. The first-order valence-corrected chi connectivity index (χ1v) is 7.22. The smallest absolute Gasteiger partial charge is 0.254 e. The molecule has 0 radical (unpaired) electrons. The van der Waals surface area contributed by atoms with Gasteiger partial charge in [-0.25, -0.2) is 0 Å². The van der Waals surface area contributed by atoms with Crippen LogP contribution in [0.15, 0.2) is 23.4 Å². The largest absolute Gasteiger partial charge is 0.409 e. The fraction of sp³-hybridized carbons (Fsp3) is 0.500. The maximum atomic E-state index is 12.7. The third-order valence-corrected chi connectivity index (χ3v) is 4.58. The number of nitrogens with two attached hydrogens (primary N) is 1. The second kappa shape index (κ2) is 5.76. The summed E-state index contributed by atoms with van der Waals surface area (Å²) < 4.78 is 0. The topological polar surface area (TPSA) is 78.9 Å². The Morgan fingerprint density at radius 3 is 2.29 bits per heavy atom. The van der Waals surface area contributed by atoms with E-state index in [1.807, 2.05) is 43.9 Å². The van der Waals surface area contributed by atoms with Crippen LogP contribution in [0.25, 0.3) is 0 Å². The molecule has 114 valence electrons. The fourth-order valence-electron chi connectivity index (χ4n) is 2.89. The lowest BCUT2D eigenvalue weighted by molar-refractivity contribution is 0.0665. The molecule has 3 N–H and O–H groups in total. The molecule has 1 heterocycles. The lowest BCUT2D eigenvalue weighted by Gasteiger charge is -2.38. The second-order valence-corrected chi connectivity index (χ2v) is 6.10. The molecule has 1 aromatic rings. The number of likely N-dealkylation sites (tertiary alicyclic amines) is 1. The van der Waals surface area contributed by atoms with Gasteiger partial charge in [0.1, 0.15) is 5.84 Å². The van der Waals surface area contributed by atoms with Crippen molar-refractivity contribution < 1.29 is 10.0 Å². The van der Waals surface area contributed by atoms with E-state index in [1.165, 1.54) is 0 Å². The molecule has 1 aliphatic rings. The predicted octanol–water partition coefficient (Wildman–Crippen LogP) is 2.29. The molecule has 5 heteroatoms. The minimum atomic E-state index is -0.327. The van der Waals surface area contributed by atoms with Crippen LogP contribution in [0.3, 0.4) is 0 Å². The van der Waals surface area contributed by atoms with Crippen LogP contribution in [0, 0.1) is 19.3 Å². The summed E-state index contributed by atoms with van der Waals surface area (Å²) >= 11 is 0. The number of hydrogen-bond acceptors (Lipinski definition) is 3. The molecule has 0 unspecified atom stereocenters. The number of rotatable bonds is 2. The zero-order valence-corrected chi connectivity index (χ0v) is 12.9. The Morgan fingerprint density at radius 2 is 1.81 bits per heavy atom. The van der Waals surface area contributed by atoms with Gasteiger partial charge < -0.3 is 15.8 Å². The van der Waals surface area contributed by atoms with Crippen molar-refractivity contribution in [2.45, 2.75) is 33.6 Å². The van der Waals surface area contributed by atoms with Gasteiger partial charge in [0.25, 0.3) is 5.91 Å². The monoisotopic (exact) mass is 289 g/mol. The van der Waals surface area contributed by atoms with Crippen LogP contribution in [0.4, 0.5) is 0 Å². The van der Waals surface area contributed by atoms with Gasteiger partial charge in [-0.1, -0.05) is 30.3 Å². The summed E-state index contributed by atoms with van der Waals surface area (Å²) in [5.41, 5.74) is 8.24. The molecule has 1 fully saturated rings. The summed E-state index contributed by atoms with van der Waals surface area (Å²) in [5.74, 6) is 0.328. The number of benzene rings is 1. The van der Waals surface area contributed by atoms with Crippen LogP contribution >= 0.6 is 0 Å². The van der Waals surface area contributed by atoms with Gasteiger partial charge in [-0.15, -0.1) is 0 Å². The first kappa shape index (κ1) is 15.4. The third kappa shape index (κ3) is 2.86. The van der Waals surface area contributed by atoms with Gasteiger partial charge >= 0.3 is 0 Å². The van der Waals surface area contributed by atoms with Crippen molar-refractivity contribution in [3.63, 3.8) is 0 Å². The molecule has 0 aliphatic carbocycles. The zero-order chi connectivity index (χ0) is 15.6. The number of amides is 1. The molecular formula is C16H23N3O2. The van der Waals surface area contributed by atoms with E-state index in [-0.39, 0.29) is 17.2 Å². The highest BCUT2D eigenvalue weighted by molar-refractivity contribution is 5.97. The molecule has 0 aromatic heterocycles. The van der Waals surface area contributed by atoms with Gasteiger partial charge in [-0.3, -0.25) is 4.79 Å². The lowest BCUT2D eigenvalue weighted by Crippen LogP contribution is -2.47. The Bertz CT molecular complexity index is 553. The van der Waals surface area contributed by atoms with E-state index in [1.54, 1.807) is 0 Å². The van der Waals surface area contributed by atoms with Crippen molar-refractivity contribution in [3.05, 3.63) is 34.9 Å². The van der Waals surface area contributed by atoms with E-state index in [2.05, 4.69) is 5.16 Å². The highest BCUT2D eigenvalue weighted by Gasteiger charge is 2.36. The first-order chi connectivity index (χ1) is 9.89. The zero-order valence-electron chi connectivity index (χ0n) is 12.9. The van der Waals surface area contributed by atoms with Gasteiger partial charge in [0.15, 0.2) is 0 Å². The molecule has 0 spiro atoms. The highest BCUT2D eigenvalue weighted by Crippen LogP contribution is 2.32. The maximum Gasteiger partial charge on any atom is 0.254 e. The van der Waals surface area contributed by atoms with Crippen molar-refractivity contribution in [1.29, 1.82) is 0 Å². The maximum absolute atomic E-state index is 12.7. The summed E-state index contributed by atoms with van der Waals surface area (Å²) in [6, 6.07) is 5.89. The van der Waals surface area contributed by atoms with E-state index < -0.39 is 0 Å². The Kier molecular flexibility index (Phi) is 4.21. The van der Waals surface area contributed by atoms with Crippen LogP contribution in [-0.2, 0) is 0 Å². The van der Waals surface area contributed by atoms with Crippen LogP contribution in [0.2, 0.25) is 0 Å². The van der Waals surface area contributed by atoms with E-state index >= 15 is 0 Å². The number of piperidine rings is 1. The molecule has 0 atom stereocenters. The minimum absolute atomic E-state index is 0.0761. The number of amidine groups is 1. The molecule has 1 aliphatic heterocycles. The summed E-state index contributed by atoms with van der Waals surface area (Å²) in [5, 5.41) is 12.0. The van der Waals surface area contributed by atoms with Gasteiger partial charge in [0.05, 0.1) is 0 Å². The van der Waals surface area contributed by atoms with Crippen LogP contribution in [0.5, 0.6) is 0 Å². The molecule has 21 heavy (non-hydrogen) atoms. The Morgan fingerprint density at radius 1 is 1.29 bits per heavy atom. The van der Waals surface area contributed by atoms with Crippen LogP contribution in [-0.4, -0.2) is 34.9 Å². The summed E-state index contributed by atoms with van der Waals surface area (Å²) in [7, 11) is 0. The molecule has 1 saturated heterocycles. The van der Waals surface area contributed by atoms with E-state index in [0.717, 1.165) is 16.7 Å². The van der Waals surface area contributed by atoms with Crippen molar-refractivity contribution in [3.8, 4) is 0 Å². The van der Waals surface area contributed by atoms with Gasteiger partial charge in [-0.05, 0) is 37.8 Å². The standard InChI is InChI=1S/C16H23N3O2/c1-11-5-4-6-12(2)13(11)14(20)19-9-7-16(3,8-10-19)15(17)18-21/h4-6,21H,7-10H2,1-3H3,(H2,17,18). The van der Waals surface area contributed by atoms with Gasteiger partial charge in [-0.2, -0.15) is 0 Å². The average Bonchev–Trinajstić information content (AvgIpc) is 2.46. The highest BCUT2D eigenvalue weighted by atomic mass is 16.4. The number of carbonyl (C=O) groups is 1. The van der Waals surface area contributed by atoms with Gasteiger partial charge in [0, 0.05) is 24.1 Å². The van der Waals surface area contributed by atoms with E-state index in [0.29, 0.717) is 25.9 Å². The van der Waals surface area contributed by atoms with Gasteiger partial charge in [0.2, 0.25) is 0 Å².